The van der Waals surface area contributed by atoms with Crippen LogP contribution in [0.1, 0.15) is 54.9 Å². The predicted molar refractivity (Wildman–Crippen MR) is 114 cm³/mol. The molecule has 1 saturated carbocycles. The third kappa shape index (κ3) is 3.94. The number of amides is 2. The van der Waals surface area contributed by atoms with E-state index in [0.717, 1.165) is 18.6 Å². The third-order valence-corrected chi connectivity index (χ3v) is 6.02. The number of carbonyl (C=O) groups is 2. The summed E-state index contributed by atoms with van der Waals surface area (Å²) < 4.78 is 0. The molecule has 2 aliphatic rings. The number of rotatable bonds is 5. The number of aryl methyl sites for hydroxylation is 3. The Bertz CT molecular complexity index is 832. The smallest absolute Gasteiger partial charge is 0.230 e. The van der Waals surface area contributed by atoms with E-state index in [1.165, 1.54) is 27.2 Å². The second-order valence-corrected chi connectivity index (χ2v) is 8.83. The van der Waals surface area contributed by atoms with Crippen LogP contribution in [0.4, 0.5) is 0 Å². The average Bonchev–Trinajstić information content (AvgIpc) is 2.86. The van der Waals surface area contributed by atoms with E-state index in [2.05, 4.69) is 50.4 Å². The summed E-state index contributed by atoms with van der Waals surface area (Å²) in [5.74, 6) is -0.103. The van der Waals surface area contributed by atoms with Crippen molar-refractivity contribution in [2.45, 2.75) is 58.8 Å². The van der Waals surface area contributed by atoms with Crippen molar-refractivity contribution >= 4 is 34.9 Å². The van der Waals surface area contributed by atoms with Crippen LogP contribution in [0.3, 0.4) is 0 Å². The summed E-state index contributed by atoms with van der Waals surface area (Å²) in [5.41, 5.74) is 14.3. The molecule has 0 atom stereocenters. The quantitative estimate of drug-likeness (QED) is 0.343. The highest BCUT2D eigenvalue weighted by Gasteiger charge is 2.46. The summed E-state index contributed by atoms with van der Waals surface area (Å²) in [6.07, 6.45) is 2.37. The fourth-order valence-corrected chi connectivity index (χ4v) is 4.99. The highest BCUT2D eigenvalue weighted by Crippen LogP contribution is 2.50. The van der Waals surface area contributed by atoms with Gasteiger partial charge in [0.2, 0.25) is 11.8 Å². The maximum absolute atomic E-state index is 12.0. The molecule has 0 bridgehead atoms. The first kappa shape index (κ1) is 20.5. The fraction of sp³-hybridized carbons (Fsp3) is 0.524. The minimum absolute atomic E-state index is 0.0511. The number of benzene rings is 1. The minimum atomic E-state index is -0.139. The number of likely N-dealkylation sites (tertiary alicyclic amines) is 1. The molecule has 0 spiro atoms. The summed E-state index contributed by atoms with van der Waals surface area (Å²) in [4.78, 5) is 25.4. The van der Waals surface area contributed by atoms with Gasteiger partial charge in [-0.2, -0.15) is 5.10 Å². The van der Waals surface area contributed by atoms with Crippen LogP contribution in [0.15, 0.2) is 17.2 Å². The van der Waals surface area contributed by atoms with Crippen LogP contribution < -0.4 is 11.2 Å². The minimum Gasteiger partial charge on any atom is -0.375 e. The van der Waals surface area contributed by atoms with Crippen molar-refractivity contribution in [3.05, 3.63) is 34.4 Å². The molecule has 28 heavy (non-hydrogen) atoms. The van der Waals surface area contributed by atoms with Crippen LogP contribution in [0.25, 0.3) is 0 Å². The second kappa shape index (κ2) is 7.62. The number of thiocarbonyl (C=S) groups is 1. The van der Waals surface area contributed by atoms with Gasteiger partial charge in [0.05, 0.1) is 12.3 Å². The first-order valence-electron chi connectivity index (χ1n) is 9.64. The van der Waals surface area contributed by atoms with Crippen molar-refractivity contribution in [2.75, 3.05) is 6.54 Å². The summed E-state index contributed by atoms with van der Waals surface area (Å²) in [5, 5.41) is 4.42. The molecule has 3 rings (SSSR count). The molecule has 6 nitrogen and oxygen atoms in total. The molecular weight excluding hydrogens is 372 g/mol. The summed E-state index contributed by atoms with van der Waals surface area (Å²) in [6, 6.07) is 4.46. The first-order valence-corrected chi connectivity index (χ1v) is 10.0. The van der Waals surface area contributed by atoms with Crippen LogP contribution in [0, 0.1) is 26.7 Å². The zero-order valence-electron chi connectivity index (χ0n) is 17.0. The second-order valence-electron chi connectivity index (χ2n) is 8.39. The van der Waals surface area contributed by atoms with Gasteiger partial charge in [0.1, 0.15) is 0 Å². The SMILES string of the molecule is Cc1cc(C)c(C2(C)CC(C(CN3C(=O)CCC3=O)=NNC(N)=S)C2)c(C)c1. The van der Waals surface area contributed by atoms with Gasteiger partial charge in [-0.3, -0.25) is 19.9 Å². The molecule has 1 saturated heterocycles. The molecule has 2 amide bonds. The molecule has 150 valence electrons. The number of nitrogens with two attached hydrogens (primary N) is 1. The molecule has 7 heteroatoms. The van der Waals surface area contributed by atoms with Crippen molar-refractivity contribution in [2.24, 2.45) is 16.8 Å². The number of hydrazone groups is 1. The molecule has 0 aromatic heterocycles. The Morgan fingerprint density at radius 2 is 1.75 bits per heavy atom. The molecule has 1 aromatic carbocycles. The van der Waals surface area contributed by atoms with E-state index in [4.69, 9.17) is 18.0 Å². The van der Waals surface area contributed by atoms with Gasteiger partial charge in [-0.15, -0.1) is 0 Å². The highest BCUT2D eigenvalue weighted by atomic mass is 32.1. The van der Waals surface area contributed by atoms with Crippen LogP contribution in [0.2, 0.25) is 0 Å². The van der Waals surface area contributed by atoms with E-state index in [1.54, 1.807) is 0 Å². The van der Waals surface area contributed by atoms with E-state index in [0.29, 0.717) is 0 Å². The van der Waals surface area contributed by atoms with E-state index in [9.17, 15) is 9.59 Å². The lowest BCUT2D eigenvalue weighted by molar-refractivity contribution is -0.137. The Morgan fingerprint density at radius 1 is 1.21 bits per heavy atom. The Labute approximate surface area is 171 Å². The van der Waals surface area contributed by atoms with Crippen LogP contribution in [-0.4, -0.2) is 34.1 Å². The van der Waals surface area contributed by atoms with Gasteiger partial charge in [0, 0.05) is 18.8 Å². The van der Waals surface area contributed by atoms with Crippen molar-refractivity contribution < 1.29 is 9.59 Å². The van der Waals surface area contributed by atoms with Gasteiger partial charge in [-0.25, -0.2) is 0 Å². The number of carbonyl (C=O) groups excluding carboxylic acids is 2. The molecule has 0 unspecified atom stereocenters. The summed E-state index contributed by atoms with van der Waals surface area (Å²) in [6.45, 7) is 8.93. The Kier molecular flexibility index (Phi) is 5.57. The van der Waals surface area contributed by atoms with Gasteiger partial charge in [-0.1, -0.05) is 24.6 Å². The standard InChI is InChI=1S/C21H28N4O2S/c1-12-7-13(2)19(14(3)8-12)21(4)9-15(10-21)16(23-24-20(22)28)11-25-17(26)5-6-18(25)27/h7-8,15H,5-6,9-11H2,1-4H3,(H3,22,24,28). The number of imide groups is 1. The normalized spacial score (nSPS) is 25.1. The fourth-order valence-electron chi connectivity index (χ4n) is 4.94. The molecule has 2 fully saturated rings. The Hall–Kier alpha value is -2.28. The third-order valence-electron chi connectivity index (χ3n) is 5.93. The average molecular weight is 401 g/mol. The van der Waals surface area contributed by atoms with Crippen molar-refractivity contribution in [1.82, 2.24) is 10.3 Å². The molecular formula is C21H28N4O2S. The van der Waals surface area contributed by atoms with E-state index >= 15 is 0 Å². The maximum Gasteiger partial charge on any atom is 0.230 e. The number of nitrogens with zero attached hydrogens (tertiary/aromatic N) is 2. The molecule has 1 aliphatic carbocycles. The van der Waals surface area contributed by atoms with Crippen molar-refractivity contribution in [1.29, 1.82) is 0 Å². The lowest BCUT2D eigenvalue weighted by Crippen LogP contribution is -2.48. The van der Waals surface area contributed by atoms with Gasteiger partial charge < -0.3 is 5.73 Å². The van der Waals surface area contributed by atoms with Gasteiger partial charge in [0.25, 0.3) is 0 Å². The molecule has 3 N–H and O–H groups in total. The lowest BCUT2D eigenvalue weighted by atomic mass is 9.57. The predicted octanol–water partition coefficient (Wildman–Crippen LogP) is 2.62. The largest absolute Gasteiger partial charge is 0.375 e. The summed E-state index contributed by atoms with van der Waals surface area (Å²) >= 11 is 4.86. The van der Waals surface area contributed by atoms with E-state index in [-0.39, 0.29) is 47.6 Å². The van der Waals surface area contributed by atoms with Crippen LogP contribution in [-0.2, 0) is 15.0 Å². The molecule has 0 radical (unpaired) electrons. The van der Waals surface area contributed by atoms with Crippen molar-refractivity contribution in [3.63, 3.8) is 0 Å². The zero-order valence-corrected chi connectivity index (χ0v) is 17.8. The highest BCUT2D eigenvalue weighted by molar-refractivity contribution is 7.80. The maximum atomic E-state index is 12.0. The van der Waals surface area contributed by atoms with Gasteiger partial charge in [-0.05, 0) is 67.9 Å². The number of nitrogens with one attached hydrogen (secondary N) is 1. The Balaban J connectivity index is 1.80. The van der Waals surface area contributed by atoms with Crippen LogP contribution >= 0.6 is 12.2 Å². The lowest BCUT2D eigenvalue weighted by Gasteiger charge is -2.48. The first-order chi connectivity index (χ1) is 13.1. The monoisotopic (exact) mass is 400 g/mol. The molecule has 1 aromatic rings. The topological polar surface area (TPSA) is 87.8 Å². The van der Waals surface area contributed by atoms with Gasteiger partial charge >= 0.3 is 0 Å². The summed E-state index contributed by atoms with van der Waals surface area (Å²) in [7, 11) is 0. The Morgan fingerprint density at radius 3 is 2.25 bits per heavy atom. The number of hydrogen-bond donors (Lipinski definition) is 2. The van der Waals surface area contributed by atoms with Crippen LogP contribution in [0.5, 0.6) is 0 Å². The van der Waals surface area contributed by atoms with E-state index in [1.807, 2.05) is 0 Å². The number of hydrogen-bond acceptors (Lipinski definition) is 4. The van der Waals surface area contributed by atoms with E-state index < -0.39 is 0 Å². The van der Waals surface area contributed by atoms with Crippen molar-refractivity contribution in [3.8, 4) is 0 Å². The zero-order chi connectivity index (χ0) is 20.6. The van der Waals surface area contributed by atoms with Gasteiger partial charge in [0.15, 0.2) is 5.11 Å². The molecule has 1 aliphatic heterocycles. The molecule has 1 heterocycles.